The van der Waals surface area contributed by atoms with Crippen LogP contribution in [0.15, 0.2) is 24.3 Å². The molecule has 2 aliphatic heterocycles. The summed E-state index contributed by atoms with van der Waals surface area (Å²) in [7, 11) is 0. The third-order valence-corrected chi connectivity index (χ3v) is 4.26. The Morgan fingerprint density at radius 2 is 2.04 bits per heavy atom. The van der Waals surface area contributed by atoms with E-state index in [9.17, 15) is 22.8 Å². The lowest BCUT2D eigenvalue weighted by Crippen LogP contribution is -2.54. The van der Waals surface area contributed by atoms with Crippen LogP contribution in [0.2, 0.25) is 0 Å². The molecule has 0 bridgehead atoms. The molecule has 0 spiro atoms. The number of hydrogen-bond donors (Lipinski definition) is 1. The molecule has 2 heterocycles. The van der Waals surface area contributed by atoms with Crippen molar-refractivity contribution in [2.75, 3.05) is 19.7 Å². The van der Waals surface area contributed by atoms with Crippen LogP contribution in [0.3, 0.4) is 0 Å². The van der Waals surface area contributed by atoms with Gasteiger partial charge in [0.25, 0.3) is 5.91 Å². The van der Waals surface area contributed by atoms with Crippen LogP contribution >= 0.6 is 0 Å². The van der Waals surface area contributed by atoms with Gasteiger partial charge in [0.1, 0.15) is 12.1 Å². The number of alkyl halides is 3. The summed E-state index contributed by atoms with van der Waals surface area (Å²) in [6, 6.07) is 3.56. The second kappa shape index (κ2) is 6.43. The number of amides is 2. The molecule has 1 aromatic rings. The van der Waals surface area contributed by atoms with Crippen molar-refractivity contribution in [2.45, 2.75) is 31.2 Å². The first kappa shape index (κ1) is 16.8. The number of piperazine rings is 1. The minimum atomic E-state index is -4.60. The minimum absolute atomic E-state index is 0.154. The van der Waals surface area contributed by atoms with Gasteiger partial charge in [0.05, 0.1) is 5.56 Å². The van der Waals surface area contributed by atoms with Gasteiger partial charge in [0, 0.05) is 19.7 Å². The van der Waals surface area contributed by atoms with E-state index < -0.39 is 35.7 Å². The van der Waals surface area contributed by atoms with Gasteiger partial charge in [-0.25, -0.2) is 0 Å². The zero-order valence-corrected chi connectivity index (χ0v) is 12.8. The monoisotopic (exact) mass is 342 g/mol. The number of carbonyl (C=O) groups excluding carboxylic acids is 2. The molecule has 2 atom stereocenters. The fourth-order valence-electron chi connectivity index (χ4n) is 3.16. The topological polar surface area (TPSA) is 58.6 Å². The van der Waals surface area contributed by atoms with E-state index in [0.717, 1.165) is 12.5 Å². The fourth-order valence-corrected chi connectivity index (χ4v) is 3.16. The lowest BCUT2D eigenvalue weighted by molar-refractivity contribution is -0.152. The Labute approximate surface area is 136 Å². The van der Waals surface area contributed by atoms with Gasteiger partial charge in [0.15, 0.2) is 0 Å². The van der Waals surface area contributed by atoms with Crippen LogP contribution in [0.1, 0.15) is 30.0 Å². The van der Waals surface area contributed by atoms with E-state index in [1.165, 1.54) is 23.1 Å². The van der Waals surface area contributed by atoms with E-state index in [4.69, 9.17) is 4.74 Å². The van der Waals surface area contributed by atoms with Gasteiger partial charge < -0.3 is 15.0 Å². The molecular formula is C16H17F3N2O3. The van der Waals surface area contributed by atoms with E-state index in [1.807, 2.05) is 0 Å². The van der Waals surface area contributed by atoms with Crippen LogP contribution in [-0.4, -0.2) is 42.5 Å². The quantitative estimate of drug-likeness (QED) is 0.893. The standard InChI is InChI=1S/C16H17F3N2O3/c17-16(18,19)11-5-2-1-4-10(11)13-14(22)20-7-8-21(13)15(23)12-6-3-9-24-12/h1-2,4-5,12-13H,3,6-9H2,(H,20,22)/t12-,13-/m0/s1. The molecule has 1 N–H and O–H groups in total. The highest BCUT2D eigenvalue weighted by molar-refractivity contribution is 5.91. The second-order valence-electron chi connectivity index (χ2n) is 5.81. The lowest BCUT2D eigenvalue weighted by atomic mass is 9.96. The molecule has 0 aromatic heterocycles. The molecule has 1 aromatic carbocycles. The Bertz CT molecular complexity index is 642. The normalized spacial score (nSPS) is 24.8. The van der Waals surface area contributed by atoms with E-state index in [2.05, 4.69) is 5.32 Å². The van der Waals surface area contributed by atoms with Gasteiger partial charge in [0.2, 0.25) is 5.91 Å². The van der Waals surface area contributed by atoms with Gasteiger partial charge in [-0.05, 0) is 24.5 Å². The molecular weight excluding hydrogens is 325 g/mol. The van der Waals surface area contributed by atoms with Gasteiger partial charge in [-0.3, -0.25) is 9.59 Å². The van der Waals surface area contributed by atoms with Crippen LogP contribution in [0.5, 0.6) is 0 Å². The number of carbonyl (C=O) groups is 2. The van der Waals surface area contributed by atoms with Crippen molar-refractivity contribution in [3.05, 3.63) is 35.4 Å². The maximum Gasteiger partial charge on any atom is 0.416 e. The van der Waals surface area contributed by atoms with Gasteiger partial charge >= 0.3 is 6.18 Å². The first-order valence-electron chi connectivity index (χ1n) is 7.75. The average Bonchev–Trinajstić information content (AvgIpc) is 3.07. The maximum atomic E-state index is 13.3. The highest BCUT2D eigenvalue weighted by atomic mass is 19.4. The van der Waals surface area contributed by atoms with Crippen LogP contribution in [0.4, 0.5) is 13.2 Å². The molecule has 0 saturated carbocycles. The molecule has 3 rings (SSSR count). The molecule has 2 fully saturated rings. The number of halogens is 3. The van der Waals surface area contributed by atoms with Crippen molar-refractivity contribution >= 4 is 11.8 Å². The summed E-state index contributed by atoms with van der Waals surface area (Å²) in [5.41, 5.74) is -1.12. The smallest absolute Gasteiger partial charge is 0.368 e. The highest BCUT2D eigenvalue weighted by Gasteiger charge is 2.43. The van der Waals surface area contributed by atoms with Gasteiger partial charge in [-0.2, -0.15) is 13.2 Å². The molecule has 0 radical (unpaired) electrons. The summed E-state index contributed by atoms with van der Waals surface area (Å²) in [5.74, 6) is -1.03. The summed E-state index contributed by atoms with van der Waals surface area (Å²) in [6.45, 7) is 0.809. The third kappa shape index (κ3) is 3.10. The second-order valence-corrected chi connectivity index (χ2v) is 5.81. The molecule has 130 valence electrons. The van der Waals surface area contributed by atoms with Crippen molar-refractivity contribution in [3.8, 4) is 0 Å². The largest absolute Gasteiger partial charge is 0.416 e. The van der Waals surface area contributed by atoms with E-state index in [1.54, 1.807) is 0 Å². The molecule has 2 saturated heterocycles. The summed E-state index contributed by atoms with van der Waals surface area (Å²) < 4.78 is 45.2. The number of benzene rings is 1. The molecule has 0 unspecified atom stereocenters. The Morgan fingerprint density at radius 3 is 2.71 bits per heavy atom. The maximum absolute atomic E-state index is 13.3. The van der Waals surface area contributed by atoms with Crippen LogP contribution < -0.4 is 5.32 Å². The van der Waals surface area contributed by atoms with Crippen molar-refractivity contribution in [1.29, 1.82) is 0 Å². The first-order valence-corrected chi connectivity index (χ1v) is 7.75. The Kier molecular flexibility index (Phi) is 4.49. The molecule has 2 amide bonds. The molecule has 2 aliphatic rings. The van der Waals surface area contributed by atoms with Crippen molar-refractivity contribution in [1.82, 2.24) is 10.2 Å². The number of hydrogen-bond acceptors (Lipinski definition) is 3. The first-order chi connectivity index (χ1) is 11.4. The zero-order chi connectivity index (χ0) is 17.3. The van der Waals surface area contributed by atoms with E-state index >= 15 is 0 Å². The summed E-state index contributed by atoms with van der Waals surface area (Å²) in [4.78, 5) is 26.1. The predicted octanol–water partition coefficient (Wildman–Crippen LogP) is 1.88. The Balaban J connectivity index is 1.99. The van der Waals surface area contributed by atoms with Crippen LogP contribution in [0.25, 0.3) is 0 Å². The SMILES string of the molecule is O=C1NCCN(C(=O)[C@@H]2CCCO2)[C@H]1c1ccccc1C(F)(F)F. The number of rotatable bonds is 2. The van der Waals surface area contributed by atoms with Crippen molar-refractivity contribution in [2.24, 2.45) is 0 Å². The van der Waals surface area contributed by atoms with Crippen LogP contribution in [0, 0.1) is 0 Å². The number of ether oxygens (including phenoxy) is 1. The Hall–Kier alpha value is -2.09. The minimum Gasteiger partial charge on any atom is -0.368 e. The zero-order valence-electron chi connectivity index (χ0n) is 12.8. The molecule has 5 nitrogen and oxygen atoms in total. The number of nitrogens with one attached hydrogen (secondary N) is 1. The van der Waals surface area contributed by atoms with E-state index in [-0.39, 0.29) is 18.7 Å². The van der Waals surface area contributed by atoms with Crippen LogP contribution in [-0.2, 0) is 20.5 Å². The van der Waals surface area contributed by atoms with Gasteiger partial charge in [-0.15, -0.1) is 0 Å². The number of nitrogens with zero attached hydrogens (tertiary/aromatic N) is 1. The van der Waals surface area contributed by atoms with Gasteiger partial charge in [-0.1, -0.05) is 18.2 Å². The highest BCUT2D eigenvalue weighted by Crippen LogP contribution is 2.37. The summed E-state index contributed by atoms with van der Waals surface area (Å²) in [5, 5.41) is 2.54. The average molecular weight is 342 g/mol. The summed E-state index contributed by atoms with van der Waals surface area (Å²) >= 11 is 0. The lowest BCUT2D eigenvalue weighted by Gasteiger charge is -2.37. The fraction of sp³-hybridized carbons (Fsp3) is 0.500. The van der Waals surface area contributed by atoms with Crippen molar-refractivity contribution < 1.29 is 27.5 Å². The van der Waals surface area contributed by atoms with E-state index in [0.29, 0.717) is 13.0 Å². The summed E-state index contributed by atoms with van der Waals surface area (Å²) in [6.07, 6.45) is -4.05. The molecule has 0 aliphatic carbocycles. The third-order valence-electron chi connectivity index (χ3n) is 4.26. The molecule has 24 heavy (non-hydrogen) atoms. The molecule has 8 heteroatoms. The Morgan fingerprint density at radius 1 is 1.29 bits per heavy atom. The van der Waals surface area contributed by atoms with Crippen molar-refractivity contribution in [3.63, 3.8) is 0 Å². The predicted molar refractivity (Wildman–Crippen MR) is 77.9 cm³/mol.